The standard InChI is InChI=1S/C19H20N4O2/c1-2-11-22(14-16-6-3-4-7-17(16)24)19(25)15-8-9-18(20-13-15)23-12-5-10-21-23/h3-10,12-13,24H,2,11,14H2,1H3. The maximum absolute atomic E-state index is 12.8. The van der Waals surface area contributed by atoms with E-state index in [2.05, 4.69) is 10.1 Å². The first-order valence-corrected chi connectivity index (χ1v) is 8.21. The van der Waals surface area contributed by atoms with Gasteiger partial charge in [-0.05, 0) is 30.7 Å². The molecule has 0 unspecified atom stereocenters. The lowest BCUT2D eigenvalue weighted by Crippen LogP contribution is -2.31. The number of benzene rings is 1. The maximum atomic E-state index is 12.8. The number of aromatic hydroxyl groups is 1. The van der Waals surface area contributed by atoms with E-state index in [1.807, 2.05) is 25.1 Å². The normalized spacial score (nSPS) is 10.6. The number of para-hydroxylation sites is 1. The van der Waals surface area contributed by atoms with Crippen molar-refractivity contribution in [3.05, 3.63) is 72.2 Å². The lowest BCUT2D eigenvalue weighted by molar-refractivity contribution is 0.0742. The van der Waals surface area contributed by atoms with Gasteiger partial charge in [0.1, 0.15) is 5.75 Å². The van der Waals surface area contributed by atoms with Crippen molar-refractivity contribution in [2.75, 3.05) is 6.54 Å². The van der Waals surface area contributed by atoms with Crippen molar-refractivity contribution in [3.63, 3.8) is 0 Å². The number of pyridine rings is 1. The van der Waals surface area contributed by atoms with Gasteiger partial charge in [-0.2, -0.15) is 5.10 Å². The largest absolute Gasteiger partial charge is 0.508 e. The van der Waals surface area contributed by atoms with E-state index in [4.69, 9.17) is 0 Å². The Morgan fingerprint density at radius 2 is 2.04 bits per heavy atom. The second-order valence-electron chi connectivity index (χ2n) is 5.71. The molecule has 0 saturated carbocycles. The van der Waals surface area contributed by atoms with Gasteiger partial charge in [-0.15, -0.1) is 0 Å². The summed E-state index contributed by atoms with van der Waals surface area (Å²) in [7, 11) is 0. The van der Waals surface area contributed by atoms with E-state index in [0.717, 1.165) is 12.0 Å². The predicted octanol–water partition coefficient (Wildman–Crippen LogP) is 3.03. The van der Waals surface area contributed by atoms with E-state index in [1.54, 1.807) is 52.4 Å². The zero-order valence-electron chi connectivity index (χ0n) is 14.0. The molecule has 0 bridgehead atoms. The summed E-state index contributed by atoms with van der Waals surface area (Å²) < 4.78 is 1.64. The number of carbonyl (C=O) groups excluding carboxylic acids is 1. The van der Waals surface area contributed by atoms with Crippen LogP contribution in [0.4, 0.5) is 0 Å². The molecule has 3 aromatic rings. The van der Waals surface area contributed by atoms with E-state index < -0.39 is 0 Å². The van der Waals surface area contributed by atoms with Gasteiger partial charge in [-0.3, -0.25) is 4.79 Å². The molecule has 0 atom stereocenters. The van der Waals surface area contributed by atoms with Crippen molar-refractivity contribution in [3.8, 4) is 11.6 Å². The molecule has 128 valence electrons. The number of carbonyl (C=O) groups is 1. The van der Waals surface area contributed by atoms with Crippen LogP contribution in [-0.4, -0.2) is 37.2 Å². The molecule has 0 saturated heterocycles. The fraction of sp³-hybridized carbons (Fsp3) is 0.211. The maximum Gasteiger partial charge on any atom is 0.255 e. The highest BCUT2D eigenvalue weighted by atomic mass is 16.3. The first-order valence-electron chi connectivity index (χ1n) is 8.21. The van der Waals surface area contributed by atoms with Gasteiger partial charge < -0.3 is 10.0 Å². The third-order valence-electron chi connectivity index (χ3n) is 3.87. The van der Waals surface area contributed by atoms with Crippen molar-refractivity contribution in [2.24, 2.45) is 0 Å². The van der Waals surface area contributed by atoms with Gasteiger partial charge in [0.2, 0.25) is 0 Å². The highest BCUT2D eigenvalue weighted by Crippen LogP contribution is 2.19. The Bertz CT molecular complexity index is 829. The summed E-state index contributed by atoms with van der Waals surface area (Å²) in [5.41, 5.74) is 1.24. The molecule has 0 radical (unpaired) electrons. The van der Waals surface area contributed by atoms with Gasteiger partial charge in [0.25, 0.3) is 5.91 Å². The highest BCUT2D eigenvalue weighted by molar-refractivity contribution is 5.94. The lowest BCUT2D eigenvalue weighted by Gasteiger charge is -2.22. The topological polar surface area (TPSA) is 71.2 Å². The van der Waals surface area contributed by atoms with Crippen molar-refractivity contribution in [2.45, 2.75) is 19.9 Å². The van der Waals surface area contributed by atoms with E-state index in [-0.39, 0.29) is 11.7 Å². The van der Waals surface area contributed by atoms with Crippen LogP contribution in [0.2, 0.25) is 0 Å². The first-order chi connectivity index (χ1) is 12.2. The van der Waals surface area contributed by atoms with Crippen LogP contribution < -0.4 is 0 Å². The molecular weight excluding hydrogens is 316 g/mol. The summed E-state index contributed by atoms with van der Waals surface area (Å²) in [5.74, 6) is 0.748. The zero-order valence-corrected chi connectivity index (χ0v) is 14.0. The molecular formula is C19H20N4O2. The van der Waals surface area contributed by atoms with E-state index >= 15 is 0 Å². The third-order valence-corrected chi connectivity index (χ3v) is 3.87. The highest BCUT2D eigenvalue weighted by Gasteiger charge is 2.17. The smallest absolute Gasteiger partial charge is 0.255 e. The molecule has 0 spiro atoms. The predicted molar refractivity (Wildman–Crippen MR) is 94.5 cm³/mol. The third kappa shape index (κ3) is 3.85. The van der Waals surface area contributed by atoms with Gasteiger partial charge in [0, 0.05) is 37.2 Å². The summed E-state index contributed by atoms with van der Waals surface area (Å²) >= 11 is 0. The molecule has 6 heteroatoms. The van der Waals surface area contributed by atoms with Gasteiger partial charge in [0.05, 0.1) is 5.56 Å². The lowest BCUT2D eigenvalue weighted by atomic mass is 10.1. The molecule has 25 heavy (non-hydrogen) atoms. The molecule has 3 rings (SSSR count). The van der Waals surface area contributed by atoms with Gasteiger partial charge in [-0.1, -0.05) is 25.1 Å². The van der Waals surface area contributed by atoms with Crippen molar-refractivity contribution >= 4 is 5.91 Å². The number of rotatable bonds is 6. The number of hydrogen-bond acceptors (Lipinski definition) is 4. The second kappa shape index (κ2) is 7.61. The van der Waals surface area contributed by atoms with Crippen LogP contribution in [0.25, 0.3) is 5.82 Å². The monoisotopic (exact) mass is 336 g/mol. The average molecular weight is 336 g/mol. The summed E-state index contributed by atoms with van der Waals surface area (Å²) in [6.45, 7) is 2.98. The van der Waals surface area contributed by atoms with Crippen LogP contribution in [0.1, 0.15) is 29.3 Å². The number of phenols is 1. The van der Waals surface area contributed by atoms with Gasteiger partial charge >= 0.3 is 0 Å². The Kier molecular flexibility index (Phi) is 5.09. The van der Waals surface area contributed by atoms with Crippen LogP contribution in [0.3, 0.4) is 0 Å². The quantitative estimate of drug-likeness (QED) is 0.751. The van der Waals surface area contributed by atoms with E-state index in [1.165, 1.54) is 0 Å². The summed E-state index contributed by atoms with van der Waals surface area (Å²) in [6.07, 6.45) is 5.87. The number of phenolic OH excluding ortho intramolecular Hbond substituents is 1. The molecule has 1 N–H and O–H groups in total. The van der Waals surface area contributed by atoms with Crippen LogP contribution in [0.15, 0.2) is 61.1 Å². The van der Waals surface area contributed by atoms with Crippen molar-refractivity contribution in [1.29, 1.82) is 0 Å². The molecule has 6 nitrogen and oxygen atoms in total. The molecule has 2 heterocycles. The molecule has 1 aromatic carbocycles. The molecule has 0 aliphatic carbocycles. The fourth-order valence-corrected chi connectivity index (χ4v) is 2.61. The fourth-order valence-electron chi connectivity index (χ4n) is 2.61. The molecule has 0 aliphatic rings. The number of hydrogen-bond donors (Lipinski definition) is 1. The summed E-state index contributed by atoms with van der Waals surface area (Å²) in [6, 6.07) is 12.4. The molecule has 0 aliphatic heterocycles. The minimum Gasteiger partial charge on any atom is -0.508 e. The average Bonchev–Trinajstić information content (AvgIpc) is 3.17. The van der Waals surface area contributed by atoms with E-state index in [9.17, 15) is 9.90 Å². The van der Waals surface area contributed by atoms with E-state index in [0.29, 0.717) is 24.5 Å². The number of nitrogens with zero attached hydrogens (tertiary/aromatic N) is 4. The molecule has 0 fully saturated rings. The van der Waals surface area contributed by atoms with Gasteiger partial charge in [0.15, 0.2) is 5.82 Å². The van der Waals surface area contributed by atoms with Crippen LogP contribution in [0.5, 0.6) is 5.75 Å². The minimum absolute atomic E-state index is 0.107. The van der Waals surface area contributed by atoms with Crippen molar-refractivity contribution < 1.29 is 9.90 Å². The SMILES string of the molecule is CCCN(Cc1ccccc1O)C(=O)c1ccc(-n2cccn2)nc1. The summed E-state index contributed by atoms with van der Waals surface area (Å²) in [5, 5.41) is 14.1. The Labute approximate surface area is 146 Å². The van der Waals surface area contributed by atoms with Crippen molar-refractivity contribution in [1.82, 2.24) is 19.7 Å². The molecule has 1 amide bonds. The Hall–Kier alpha value is -3.15. The van der Waals surface area contributed by atoms with Gasteiger partial charge in [-0.25, -0.2) is 9.67 Å². The Morgan fingerprint density at radius 3 is 2.68 bits per heavy atom. The van der Waals surface area contributed by atoms with Crippen LogP contribution in [-0.2, 0) is 6.54 Å². The number of amides is 1. The number of aromatic nitrogens is 3. The Morgan fingerprint density at radius 1 is 1.20 bits per heavy atom. The van der Waals surface area contributed by atoms with Crippen LogP contribution >= 0.6 is 0 Å². The summed E-state index contributed by atoms with van der Waals surface area (Å²) in [4.78, 5) is 18.9. The molecule has 2 aromatic heterocycles. The van der Waals surface area contributed by atoms with Crippen LogP contribution in [0, 0.1) is 0 Å². The second-order valence-corrected chi connectivity index (χ2v) is 5.71. The first kappa shape index (κ1) is 16.7. The Balaban J connectivity index is 1.79. The minimum atomic E-state index is -0.107. The zero-order chi connectivity index (χ0) is 17.6.